The summed E-state index contributed by atoms with van der Waals surface area (Å²) in [5.41, 5.74) is 4.93. The summed E-state index contributed by atoms with van der Waals surface area (Å²) in [5, 5.41) is 0. The van der Waals surface area contributed by atoms with E-state index in [1.807, 2.05) is 24.3 Å². The molecule has 118 valence electrons. The van der Waals surface area contributed by atoms with Gasteiger partial charge in [0.1, 0.15) is 17.2 Å². The van der Waals surface area contributed by atoms with E-state index in [1.54, 1.807) is 18.3 Å². The second-order valence-corrected chi connectivity index (χ2v) is 5.80. The largest absolute Gasteiger partial charge is 0.280 e. The van der Waals surface area contributed by atoms with Crippen molar-refractivity contribution in [3.63, 3.8) is 0 Å². The molecule has 0 unspecified atom stereocenters. The molecule has 0 bridgehead atoms. The monoisotopic (exact) mass is 317 g/mol. The summed E-state index contributed by atoms with van der Waals surface area (Å²) in [6.07, 6.45) is 2.39. The first kappa shape index (κ1) is 14.6. The lowest BCUT2D eigenvalue weighted by atomic mass is 10.1. The first-order valence-electron chi connectivity index (χ1n) is 7.85. The number of aromatic nitrogens is 3. The molecule has 0 saturated heterocycles. The molecule has 0 atom stereocenters. The maximum atomic E-state index is 13.2. The number of pyridine rings is 1. The number of halogens is 1. The summed E-state index contributed by atoms with van der Waals surface area (Å²) < 4.78 is 15.3. The molecule has 3 nitrogen and oxygen atoms in total. The molecule has 0 aliphatic heterocycles. The van der Waals surface area contributed by atoms with Gasteiger partial charge in [-0.15, -0.1) is 0 Å². The van der Waals surface area contributed by atoms with E-state index in [2.05, 4.69) is 28.6 Å². The van der Waals surface area contributed by atoms with Crippen molar-refractivity contribution >= 4 is 11.2 Å². The minimum Gasteiger partial charge on any atom is -0.280 e. The van der Waals surface area contributed by atoms with Crippen LogP contribution >= 0.6 is 0 Å². The van der Waals surface area contributed by atoms with Gasteiger partial charge in [-0.25, -0.2) is 14.4 Å². The van der Waals surface area contributed by atoms with E-state index in [1.165, 1.54) is 12.1 Å². The topological polar surface area (TPSA) is 30.7 Å². The van der Waals surface area contributed by atoms with Crippen LogP contribution in [0.4, 0.5) is 4.39 Å². The molecule has 4 aromatic rings. The van der Waals surface area contributed by atoms with E-state index in [0.717, 1.165) is 33.8 Å². The van der Waals surface area contributed by atoms with Gasteiger partial charge in [-0.2, -0.15) is 0 Å². The van der Waals surface area contributed by atoms with Crippen LogP contribution < -0.4 is 0 Å². The van der Waals surface area contributed by atoms with Gasteiger partial charge >= 0.3 is 0 Å². The highest BCUT2D eigenvalue weighted by Crippen LogP contribution is 2.24. The van der Waals surface area contributed by atoms with Gasteiger partial charge in [-0.05, 0) is 48.4 Å². The zero-order valence-corrected chi connectivity index (χ0v) is 13.3. The van der Waals surface area contributed by atoms with Gasteiger partial charge in [0.2, 0.25) is 0 Å². The zero-order chi connectivity index (χ0) is 16.5. The van der Waals surface area contributed by atoms with Crippen LogP contribution in [0.3, 0.4) is 0 Å². The van der Waals surface area contributed by atoms with Crippen molar-refractivity contribution in [1.82, 2.24) is 14.5 Å². The molecule has 0 aliphatic carbocycles. The number of benzene rings is 2. The van der Waals surface area contributed by atoms with Crippen molar-refractivity contribution in [1.29, 1.82) is 0 Å². The predicted molar refractivity (Wildman–Crippen MR) is 92.8 cm³/mol. The Morgan fingerprint density at radius 3 is 2.54 bits per heavy atom. The highest BCUT2D eigenvalue weighted by Gasteiger charge is 2.15. The fourth-order valence-corrected chi connectivity index (χ4v) is 2.93. The second-order valence-electron chi connectivity index (χ2n) is 5.80. The lowest BCUT2D eigenvalue weighted by molar-refractivity contribution is 0.627. The summed E-state index contributed by atoms with van der Waals surface area (Å²) >= 11 is 0. The molecule has 0 saturated carbocycles. The average Bonchev–Trinajstić information content (AvgIpc) is 2.95. The summed E-state index contributed by atoms with van der Waals surface area (Å²) in [6, 6.07) is 18.6. The van der Waals surface area contributed by atoms with Gasteiger partial charge in [0.15, 0.2) is 5.65 Å². The van der Waals surface area contributed by atoms with Crippen molar-refractivity contribution in [2.45, 2.75) is 13.3 Å². The number of nitrogens with zero attached hydrogens (tertiary/aromatic N) is 3. The van der Waals surface area contributed by atoms with Gasteiger partial charge in [-0.1, -0.05) is 30.3 Å². The number of fused-ring (bicyclic) bond motifs is 1. The average molecular weight is 317 g/mol. The summed E-state index contributed by atoms with van der Waals surface area (Å²) in [5.74, 6) is 0.664. The Kier molecular flexibility index (Phi) is 3.58. The van der Waals surface area contributed by atoms with E-state index in [0.29, 0.717) is 6.42 Å². The van der Waals surface area contributed by atoms with Crippen LogP contribution in [-0.2, 0) is 6.42 Å². The third-order valence-electron chi connectivity index (χ3n) is 4.12. The number of para-hydroxylation sites is 1. The Bertz CT molecular complexity index is 1000. The second kappa shape index (κ2) is 5.89. The maximum Gasteiger partial charge on any atom is 0.164 e. The van der Waals surface area contributed by atoms with Crippen LogP contribution in [-0.4, -0.2) is 14.5 Å². The smallest absolute Gasteiger partial charge is 0.164 e. The number of hydrogen-bond acceptors (Lipinski definition) is 2. The van der Waals surface area contributed by atoms with Gasteiger partial charge < -0.3 is 0 Å². The molecule has 24 heavy (non-hydrogen) atoms. The third kappa shape index (κ3) is 2.56. The Labute approximate surface area is 139 Å². The fraction of sp³-hybridized carbons (Fsp3) is 0.100. The van der Waals surface area contributed by atoms with Crippen molar-refractivity contribution in [3.05, 3.63) is 89.6 Å². The van der Waals surface area contributed by atoms with Gasteiger partial charge in [-0.3, -0.25) is 4.57 Å². The van der Waals surface area contributed by atoms with Crippen LogP contribution in [0, 0.1) is 12.7 Å². The third-order valence-corrected chi connectivity index (χ3v) is 4.12. The lowest BCUT2D eigenvalue weighted by Gasteiger charge is -2.11. The zero-order valence-electron chi connectivity index (χ0n) is 13.3. The number of aryl methyl sites for hydroxylation is 1. The number of imidazole rings is 1. The molecule has 0 aliphatic rings. The molecule has 2 aromatic heterocycles. The van der Waals surface area contributed by atoms with E-state index < -0.39 is 0 Å². The maximum absolute atomic E-state index is 13.2. The Morgan fingerprint density at radius 2 is 1.75 bits per heavy atom. The molecule has 0 spiro atoms. The lowest BCUT2D eigenvalue weighted by Crippen LogP contribution is -2.04. The van der Waals surface area contributed by atoms with Crippen LogP contribution in [0.1, 0.15) is 17.0 Å². The summed E-state index contributed by atoms with van der Waals surface area (Å²) in [7, 11) is 0. The highest BCUT2D eigenvalue weighted by molar-refractivity contribution is 5.74. The number of hydrogen-bond donors (Lipinski definition) is 0. The summed E-state index contributed by atoms with van der Waals surface area (Å²) in [6.45, 7) is 2.08. The molecule has 0 fully saturated rings. The molecule has 2 aromatic carbocycles. The Hall–Kier alpha value is -3.01. The fourth-order valence-electron chi connectivity index (χ4n) is 2.93. The minimum absolute atomic E-state index is 0.229. The van der Waals surface area contributed by atoms with Crippen molar-refractivity contribution in [2.75, 3.05) is 0 Å². The molecular formula is C20H16FN3. The van der Waals surface area contributed by atoms with E-state index in [-0.39, 0.29) is 5.82 Å². The quantitative estimate of drug-likeness (QED) is 0.558. The molecular weight excluding hydrogens is 301 g/mol. The van der Waals surface area contributed by atoms with Crippen LogP contribution in [0.25, 0.3) is 16.9 Å². The van der Waals surface area contributed by atoms with Crippen LogP contribution in [0.2, 0.25) is 0 Å². The molecule has 0 amide bonds. The first-order valence-corrected chi connectivity index (χ1v) is 7.85. The van der Waals surface area contributed by atoms with Gasteiger partial charge in [0.25, 0.3) is 0 Å². The van der Waals surface area contributed by atoms with Gasteiger partial charge in [0.05, 0.1) is 5.69 Å². The standard InChI is InChI=1S/C20H16FN3/c1-14-5-2-3-7-18(14)24-19(13-15-8-10-16(21)11-9-15)23-17-6-4-12-22-20(17)24/h2-12H,13H2,1H3. The van der Waals surface area contributed by atoms with Crippen molar-refractivity contribution in [3.8, 4) is 5.69 Å². The molecule has 4 rings (SSSR count). The Morgan fingerprint density at radius 1 is 0.958 bits per heavy atom. The summed E-state index contributed by atoms with van der Waals surface area (Å²) in [4.78, 5) is 9.27. The molecule has 4 heteroatoms. The predicted octanol–water partition coefficient (Wildman–Crippen LogP) is 4.46. The normalized spacial score (nSPS) is 11.1. The Balaban J connectivity index is 1.90. The molecule has 2 heterocycles. The first-order chi connectivity index (χ1) is 11.7. The minimum atomic E-state index is -0.229. The number of rotatable bonds is 3. The van der Waals surface area contributed by atoms with Crippen LogP contribution in [0.15, 0.2) is 66.9 Å². The molecule has 0 N–H and O–H groups in total. The highest BCUT2D eigenvalue weighted by atomic mass is 19.1. The van der Waals surface area contributed by atoms with E-state index in [9.17, 15) is 4.39 Å². The molecule has 0 radical (unpaired) electrons. The van der Waals surface area contributed by atoms with Crippen molar-refractivity contribution < 1.29 is 4.39 Å². The SMILES string of the molecule is Cc1ccccc1-n1c(Cc2ccc(F)cc2)nc2cccnc21. The van der Waals surface area contributed by atoms with Gasteiger partial charge in [0, 0.05) is 12.6 Å². The van der Waals surface area contributed by atoms with E-state index in [4.69, 9.17) is 4.98 Å². The van der Waals surface area contributed by atoms with Crippen molar-refractivity contribution in [2.24, 2.45) is 0 Å². The van der Waals surface area contributed by atoms with E-state index >= 15 is 0 Å². The van der Waals surface area contributed by atoms with Crippen LogP contribution in [0.5, 0.6) is 0 Å².